The van der Waals surface area contributed by atoms with Crippen molar-refractivity contribution in [2.24, 2.45) is 0 Å². The number of rotatable bonds is 6. The molecule has 0 amide bonds. The third-order valence-electron chi connectivity index (χ3n) is 12.7. The number of benzene rings is 10. The van der Waals surface area contributed by atoms with E-state index in [0.29, 0.717) is 0 Å². The van der Waals surface area contributed by atoms with Crippen molar-refractivity contribution in [2.45, 2.75) is 19.3 Å². The molecule has 1 heterocycles. The van der Waals surface area contributed by atoms with Crippen molar-refractivity contribution in [1.29, 1.82) is 0 Å². The van der Waals surface area contributed by atoms with E-state index in [1.165, 1.54) is 86.1 Å². The zero-order valence-corrected chi connectivity index (χ0v) is 34.2. The molecule has 10 aromatic carbocycles. The summed E-state index contributed by atoms with van der Waals surface area (Å²) < 4.78 is 2.64. The molecule has 12 rings (SSSR count). The van der Waals surface area contributed by atoms with E-state index in [1.807, 2.05) is 11.3 Å². The molecule has 0 bridgehead atoms. The molecule has 0 spiro atoms. The Morgan fingerprint density at radius 3 is 1.35 bits per heavy atom. The molecule has 1 aliphatic carbocycles. The van der Waals surface area contributed by atoms with Crippen molar-refractivity contribution in [3.05, 3.63) is 217 Å². The minimum atomic E-state index is -0.343. The quantitative estimate of drug-likeness (QED) is 0.166. The Bertz CT molecular complexity index is 3420. The summed E-state index contributed by atoms with van der Waals surface area (Å²) in [5.41, 5.74) is 11.8. The number of thiophene rings is 1. The molecule has 1 aliphatic rings. The van der Waals surface area contributed by atoms with E-state index in [4.69, 9.17) is 0 Å². The van der Waals surface area contributed by atoms with Gasteiger partial charge in [0.05, 0.1) is 11.4 Å². The summed E-state index contributed by atoms with van der Waals surface area (Å²) in [6.45, 7) is 4.89. The third kappa shape index (κ3) is 5.19. The van der Waals surface area contributed by atoms with Crippen LogP contribution in [0.4, 0.5) is 34.1 Å². The molecule has 0 radical (unpaired) electrons. The molecule has 2 nitrogen and oxygen atoms in total. The maximum Gasteiger partial charge on any atom is 0.0550 e. The summed E-state index contributed by atoms with van der Waals surface area (Å²) in [5.74, 6) is 0. The molecule has 0 saturated heterocycles. The van der Waals surface area contributed by atoms with Gasteiger partial charge in [-0.1, -0.05) is 153 Å². The highest BCUT2D eigenvalue weighted by atomic mass is 32.1. The van der Waals surface area contributed by atoms with Gasteiger partial charge < -0.3 is 9.80 Å². The molecule has 0 atom stereocenters. The van der Waals surface area contributed by atoms with Crippen LogP contribution >= 0.6 is 11.3 Å². The fourth-order valence-electron chi connectivity index (χ4n) is 10.2. The Morgan fingerprint density at radius 1 is 0.350 bits per heavy atom. The SMILES string of the molecule is CC1(C)c2c(c(N(c3ccccc3)c3ccccc3)cc3ccccc23)-c2c(N(c3ccccc3)c3ccc4ccc5c6ccccc6sc5c4c3)cc3ccccc3c21. The van der Waals surface area contributed by atoms with E-state index in [1.54, 1.807) is 0 Å². The summed E-state index contributed by atoms with van der Waals surface area (Å²) in [7, 11) is 0. The van der Waals surface area contributed by atoms with E-state index >= 15 is 0 Å². The van der Waals surface area contributed by atoms with Crippen molar-refractivity contribution in [3.8, 4) is 11.1 Å². The summed E-state index contributed by atoms with van der Waals surface area (Å²) >= 11 is 1.89. The van der Waals surface area contributed by atoms with Crippen LogP contribution in [0.1, 0.15) is 25.0 Å². The van der Waals surface area contributed by atoms with E-state index in [0.717, 1.165) is 22.7 Å². The number of para-hydroxylation sites is 3. The lowest BCUT2D eigenvalue weighted by atomic mass is 9.78. The lowest BCUT2D eigenvalue weighted by molar-refractivity contribution is 0.672. The van der Waals surface area contributed by atoms with Gasteiger partial charge in [-0.3, -0.25) is 0 Å². The average Bonchev–Trinajstić information content (AvgIpc) is 3.81. The van der Waals surface area contributed by atoms with E-state index in [9.17, 15) is 0 Å². The molecular formula is C57H40N2S. The fraction of sp³-hybridized carbons (Fsp3) is 0.0526. The summed E-state index contributed by atoms with van der Waals surface area (Å²) in [4.78, 5) is 4.99. The smallest absolute Gasteiger partial charge is 0.0550 e. The first-order valence-corrected chi connectivity index (χ1v) is 21.6. The monoisotopic (exact) mass is 784 g/mol. The van der Waals surface area contributed by atoms with Crippen molar-refractivity contribution >= 4 is 98.0 Å². The van der Waals surface area contributed by atoms with Gasteiger partial charge in [-0.2, -0.15) is 0 Å². The van der Waals surface area contributed by atoms with Gasteiger partial charge in [0.2, 0.25) is 0 Å². The van der Waals surface area contributed by atoms with Crippen LogP contribution in [0.25, 0.3) is 63.6 Å². The van der Waals surface area contributed by atoms with Gasteiger partial charge in [-0.25, -0.2) is 0 Å². The Hall–Kier alpha value is -7.20. The Morgan fingerprint density at radius 2 is 0.800 bits per heavy atom. The number of fused-ring (bicyclic) bond motifs is 12. The van der Waals surface area contributed by atoms with Crippen molar-refractivity contribution < 1.29 is 0 Å². The molecule has 60 heavy (non-hydrogen) atoms. The zero-order chi connectivity index (χ0) is 40.0. The topological polar surface area (TPSA) is 6.48 Å². The standard InChI is InChI=1S/C57H40N2S/c1-57(2)54-44-26-14-12-18-38(44)34-49(58(40-20-6-3-7-21-40)41-22-8-4-9-23-41)52(54)53-50(35-39-19-13-15-27-45(39)55(53)57)59(42-24-10-5-11-25-42)43-32-30-37-31-33-47-46-28-16-17-29-51(46)60-56(47)48(37)36-43/h3-36H,1-2H3. The minimum Gasteiger partial charge on any atom is -0.310 e. The van der Waals surface area contributed by atoms with Crippen LogP contribution in [0.5, 0.6) is 0 Å². The van der Waals surface area contributed by atoms with Crippen LogP contribution < -0.4 is 9.80 Å². The second-order valence-electron chi connectivity index (χ2n) is 16.5. The van der Waals surface area contributed by atoms with Crippen LogP contribution in [0.15, 0.2) is 206 Å². The van der Waals surface area contributed by atoms with E-state index in [-0.39, 0.29) is 5.41 Å². The first kappa shape index (κ1) is 34.8. The van der Waals surface area contributed by atoms with E-state index < -0.39 is 0 Å². The van der Waals surface area contributed by atoms with E-state index in [2.05, 4.69) is 230 Å². The molecule has 0 saturated carbocycles. The van der Waals surface area contributed by atoms with Gasteiger partial charge in [-0.15, -0.1) is 11.3 Å². The normalized spacial score (nSPS) is 13.0. The van der Waals surface area contributed by atoms with Crippen LogP contribution in [0, 0.1) is 0 Å². The van der Waals surface area contributed by atoms with Crippen LogP contribution in [0.3, 0.4) is 0 Å². The van der Waals surface area contributed by atoms with Gasteiger partial charge in [0, 0.05) is 64.8 Å². The Labute approximate surface area is 353 Å². The fourth-order valence-corrected chi connectivity index (χ4v) is 11.4. The molecule has 3 heteroatoms. The number of anilines is 6. The minimum absolute atomic E-state index is 0.343. The van der Waals surface area contributed by atoms with Gasteiger partial charge >= 0.3 is 0 Å². The van der Waals surface area contributed by atoms with Gasteiger partial charge in [0.15, 0.2) is 0 Å². The predicted octanol–water partition coefficient (Wildman–Crippen LogP) is 16.8. The molecule has 284 valence electrons. The lowest BCUT2D eigenvalue weighted by Gasteiger charge is -2.32. The van der Waals surface area contributed by atoms with Crippen molar-refractivity contribution in [1.82, 2.24) is 0 Å². The van der Waals surface area contributed by atoms with Crippen molar-refractivity contribution in [3.63, 3.8) is 0 Å². The highest BCUT2D eigenvalue weighted by Crippen LogP contribution is 2.62. The molecule has 0 N–H and O–H groups in total. The lowest BCUT2D eigenvalue weighted by Crippen LogP contribution is -2.17. The number of hydrogen-bond acceptors (Lipinski definition) is 3. The third-order valence-corrected chi connectivity index (χ3v) is 13.9. The molecule has 0 aliphatic heterocycles. The molecule has 0 unspecified atom stereocenters. The number of nitrogens with zero attached hydrogens (tertiary/aromatic N) is 2. The van der Waals surface area contributed by atoms with Crippen LogP contribution in [-0.2, 0) is 5.41 Å². The second-order valence-corrected chi connectivity index (χ2v) is 17.5. The second kappa shape index (κ2) is 13.4. The van der Waals surface area contributed by atoms with Crippen LogP contribution in [0.2, 0.25) is 0 Å². The maximum absolute atomic E-state index is 2.52. The number of hydrogen-bond donors (Lipinski definition) is 0. The van der Waals surface area contributed by atoms with Gasteiger partial charge in [-0.05, 0) is 105 Å². The zero-order valence-electron chi connectivity index (χ0n) is 33.4. The highest BCUT2D eigenvalue weighted by molar-refractivity contribution is 7.26. The molecule has 0 fully saturated rings. The molecular weight excluding hydrogens is 745 g/mol. The molecule has 11 aromatic rings. The van der Waals surface area contributed by atoms with Gasteiger partial charge in [0.25, 0.3) is 0 Å². The molecule has 1 aromatic heterocycles. The summed E-state index contributed by atoms with van der Waals surface area (Å²) in [6.07, 6.45) is 0. The first-order valence-electron chi connectivity index (χ1n) is 20.8. The first-order chi connectivity index (χ1) is 29.5. The summed E-state index contributed by atoms with van der Waals surface area (Å²) in [6, 6.07) is 76.0. The summed E-state index contributed by atoms with van der Waals surface area (Å²) in [5, 5.41) is 10.2. The van der Waals surface area contributed by atoms with Gasteiger partial charge in [0.1, 0.15) is 0 Å². The Kier molecular flexibility index (Phi) is 7.79. The largest absolute Gasteiger partial charge is 0.310 e. The maximum atomic E-state index is 2.52. The van der Waals surface area contributed by atoms with Crippen LogP contribution in [-0.4, -0.2) is 0 Å². The highest BCUT2D eigenvalue weighted by Gasteiger charge is 2.43. The van der Waals surface area contributed by atoms with Crippen molar-refractivity contribution in [2.75, 3.05) is 9.80 Å². The Balaban J connectivity index is 1.23. The average molecular weight is 785 g/mol. The predicted molar refractivity (Wildman–Crippen MR) is 259 cm³/mol.